The van der Waals surface area contributed by atoms with Crippen LogP contribution in [-0.2, 0) is 6.61 Å². The molecule has 0 bridgehead atoms. The average molecular weight is 339 g/mol. The summed E-state index contributed by atoms with van der Waals surface area (Å²) in [6, 6.07) is 12.0. The van der Waals surface area contributed by atoms with Crippen molar-refractivity contribution in [2.75, 3.05) is 0 Å². The fourth-order valence-electron chi connectivity index (χ4n) is 1.88. The number of benzene rings is 2. The summed E-state index contributed by atoms with van der Waals surface area (Å²) in [6.45, 7) is 2.23. The standard InChI is InChI=1S/C16H16BrFO2/c1-2-16(19)12-3-5-15(6-4-12)20-10-11-7-13(17)9-14(18)8-11/h3-9,16,19H,2,10H2,1H3. The largest absolute Gasteiger partial charge is 0.489 e. The molecular weight excluding hydrogens is 323 g/mol. The van der Waals surface area contributed by atoms with Gasteiger partial charge in [0.05, 0.1) is 6.10 Å². The zero-order valence-corrected chi connectivity index (χ0v) is 12.7. The van der Waals surface area contributed by atoms with Crippen LogP contribution in [0, 0.1) is 5.82 Å². The molecule has 0 spiro atoms. The van der Waals surface area contributed by atoms with E-state index in [9.17, 15) is 9.50 Å². The van der Waals surface area contributed by atoms with E-state index >= 15 is 0 Å². The normalized spacial score (nSPS) is 12.2. The molecule has 1 N–H and O–H groups in total. The summed E-state index contributed by atoms with van der Waals surface area (Å²) in [5.74, 6) is 0.400. The highest BCUT2D eigenvalue weighted by atomic mass is 79.9. The summed E-state index contributed by atoms with van der Waals surface area (Å²) in [4.78, 5) is 0. The lowest BCUT2D eigenvalue weighted by molar-refractivity contribution is 0.173. The Morgan fingerprint density at radius 3 is 2.50 bits per heavy atom. The summed E-state index contributed by atoms with van der Waals surface area (Å²) >= 11 is 3.25. The van der Waals surface area contributed by atoms with Gasteiger partial charge in [-0.3, -0.25) is 0 Å². The summed E-state index contributed by atoms with van der Waals surface area (Å²) in [5.41, 5.74) is 1.63. The maximum Gasteiger partial charge on any atom is 0.124 e. The van der Waals surface area contributed by atoms with Gasteiger partial charge in [-0.15, -0.1) is 0 Å². The Hall–Kier alpha value is -1.39. The van der Waals surface area contributed by atoms with Crippen LogP contribution in [-0.4, -0.2) is 5.11 Å². The maximum atomic E-state index is 13.2. The van der Waals surface area contributed by atoms with Crippen LogP contribution in [0.4, 0.5) is 4.39 Å². The van der Waals surface area contributed by atoms with Crippen molar-refractivity contribution in [3.8, 4) is 5.75 Å². The van der Waals surface area contributed by atoms with Crippen molar-refractivity contribution < 1.29 is 14.2 Å². The highest BCUT2D eigenvalue weighted by molar-refractivity contribution is 9.10. The summed E-state index contributed by atoms with van der Waals surface area (Å²) < 4.78 is 19.5. The van der Waals surface area contributed by atoms with Crippen molar-refractivity contribution in [2.24, 2.45) is 0 Å². The second-order valence-corrected chi connectivity index (χ2v) is 5.48. The zero-order valence-electron chi connectivity index (χ0n) is 11.1. The Morgan fingerprint density at radius 1 is 1.20 bits per heavy atom. The molecule has 0 saturated heterocycles. The van der Waals surface area contributed by atoms with Crippen LogP contribution in [0.3, 0.4) is 0 Å². The lowest BCUT2D eigenvalue weighted by atomic mass is 10.1. The minimum absolute atomic E-state index is 0.292. The zero-order chi connectivity index (χ0) is 14.5. The number of hydrogen-bond donors (Lipinski definition) is 1. The third-order valence-corrected chi connectivity index (χ3v) is 3.44. The smallest absolute Gasteiger partial charge is 0.124 e. The molecule has 0 radical (unpaired) electrons. The Balaban J connectivity index is 2.00. The monoisotopic (exact) mass is 338 g/mol. The second kappa shape index (κ2) is 6.86. The maximum absolute atomic E-state index is 13.2. The van der Waals surface area contributed by atoms with Gasteiger partial charge in [-0.1, -0.05) is 35.0 Å². The third-order valence-electron chi connectivity index (χ3n) is 2.98. The summed E-state index contributed by atoms with van der Waals surface area (Å²) in [6.07, 6.45) is 0.237. The minimum atomic E-state index is -0.441. The Kier molecular flexibility index (Phi) is 5.15. The fourth-order valence-corrected chi connectivity index (χ4v) is 2.40. The van der Waals surface area contributed by atoms with Gasteiger partial charge in [0.1, 0.15) is 18.2 Å². The van der Waals surface area contributed by atoms with Crippen LogP contribution in [0.2, 0.25) is 0 Å². The number of ether oxygens (including phenoxy) is 1. The number of rotatable bonds is 5. The van der Waals surface area contributed by atoms with Gasteiger partial charge < -0.3 is 9.84 Å². The molecule has 0 aliphatic heterocycles. The lowest BCUT2D eigenvalue weighted by Crippen LogP contribution is -1.98. The van der Waals surface area contributed by atoms with E-state index in [1.165, 1.54) is 12.1 Å². The first-order chi connectivity index (χ1) is 9.58. The number of hydrogen-bond acceptors (Lipinski definition) is 2. The van der Waals surface area contributed by atoms with E-state index in [-0.39, 0.29) is 5.82 Å². The number of aliphatic hydroxyl groups excluding tert-OH is 1. The predicted octanol–water partition coefficient (Wildman–Crippen LogP) is 4.61. The highest BCUT2D eigenvalue weighted by Crippen LogP contribution is 2.21. The first kappa shape index (κ1) is 15.0. The first-order valence-corrected chi connectivity index (χ1v) is 7.23. The summed E-state index contributed by atoms with van der Waals surface area (Å²) in [7, 11) is 0. The second-order valence-electron chi connectivity index (χ2n) is 4.56. The van der Waals surface area contributed by atoms with Crippen LogP contribution in [0.5, 0.6) is 5.75 Å². The molecule has 20 heavy (non-hydrogen) atoms. The lowest BCUT2D eigenvalue weighted by Gasteiger charge is -2.10. The molecule has 0 heterocycles. The van der Waals surface area contributed by atoms with Gasteiger partial charge in [-0.05, 0) is 47.9 Å². The van der Waals surface area contributed by atoms with Crippen LogP contribution >= 0.6 is 15.9 Å². The minimum Gasteiger partial charge on any atom is -0.489 e. The van der Waals surface area contributed by atoms with Gasteiger partial charge in [-0.25, -0.2) is 4.39 Å². The molecule has 2 nitrogen and oxygen atoms in total. The van der Waals surface area contributed by atoms with Gasteiger partial charge in [0, 0.05) is 4.47 Å². The topological polar surface area (TPSA) is 29.5 Å². The molecule has 1 atom stereocenters. The highest BCUT2D eigenvalue weighted by Gasteiger charge is 2.05. The molecule has 2 aromatic rings. The van der Waals surface area contributed by atoms with Crippen LogP contribution in [0.15, 0.2) is 46.9 Å². The SMILES string of the molecule is CCC(O)c1ccc(OCc2cc(F)cc(Br)c2)cc1. The fraction of sp³-hybridized carbons (Fsp3) is 0.250. The van der Waals surface area contributed by atoms with Crippen LogP contribution in [0.1, 0.15) is 30.6 Å². The van der Waals surface area contributed by atoms with Gasteiger partial charge in [0.15, 0.2) is 0 Å². The Morgan fingerprint density at radius 2 is 1.90 bits per heavy atom. The molecule has 0 aliphatic carbocycles. The van der Waals surface area contributed by atoms with E-state index < -0.39 is 6.10 Å². The average Bonchev–Trinajstić information content (AvgIpc) is 2.44. The van der Waals surface area contributed by atoms with E-state index in [4.69, 9.17) is 4.74 Å². The number of halogens is 2. The number of aliphatic hydroxyl groups is 1. The van der Waals surface area contributed by atoms with Gasteiger partial charge in [0.2, 0.25) is 0 Å². The molecule has 2 aromatic carbocycles. The van der Waals surface area contributed by atoms with E-state index in [2.05, 4.69) is 15.9 Å². The molecule has 106 valence electrons. The first-order valence-electron chi connectivity index (χ1n) is 6.44. The van der Waals surface area contributed by atoms with Gasteiger partial charge >= 0.3 is 0 Å². The molecule has 0 amide bonds. The Labute approximate surface area is 126 Å². The summed E-state index contributed by atoms with van der Waals surface area (Å²) in [5, 5.41) is 9.70. The van der Waals surface area contributed by atoms with Crippen molar-refractivity contribution >= 4 is 15.9 Å². The molecule has 4 heteroatoms. The molecule has 0 aliphatic rings. The van der Waals surface area contributed by atoms with E-state index in [1.54, 1.807) is 0 Å². The van der Waals surface area contributed by atoms with E-state index in [1.807, 2.05) is 37.3 Å². The van der Waals surface area contributed by atoms with Crippen molar-refractivity contribution in [3.63, 3.8) is 0 Å². The van der Waals surface area contributed by atoms with Gasteiger partial charge in [-0.2, -0.15) is 0 Å². The molecule has 2 rings (SSSR count). The van der Waals surface area contributed by atoms with Crippen molar-refractivity contribution in [1.29, 1.82) is 0 Å². The molecule has 0 fully saturated rings. The molecular formula is C16H16BrFO2. The molecule has 0 aromatic heterocycles. The van der Waals surface area contributed by atoms with Crippen LogP contribution in [0.25, 0.3) is 0 Å². The molecule has 0 saturated carbocycles. The Bertz CT molecular complexity index is 549. The third kappa shape index (κ3) is 4.05. The predicted molar refractivity (Wildman–Crippen MR) is 80.1 cm³/mol. The van der Waals surface area contributed by atoms with Crippen molar-refractivity contribution in [2.45, 2.75) is 26.1 Å². The van der Waals surface area contributed by atoms with Crippen molar-refractivity contribution in [1.82, 2.24) is 0 Å². The van der Waals surface area contributed by atoms with E-state index in [0.29, 0.717) is 23.2 Å². The van der Waals surface area contributed by atoms with Gasteiger partial charge in [0.25, 0.3) is 0 Å². The van der Waals surface area contributed by atoms with E-state index in [0.717, 1.165) is 11.1 Å². The molecule has 1 unspecified atom stereocenters. The quantitative estimate of drug-likeness (QED) is 0.862. The van der Waals surface area contributed by atoms with Crippen molar-refractivity contribution in [3.05, 3.63) is 63.9 Å². The van der Waals surface area contributed by atoms with Crippen LogP contribution < -0.4 is 4.74 Å².